The summed E-state index contributed by atoms with van der Waals surface area (Å²) < 4.78 is 29.1. The van der Waals surface area contributed by atoms with Crippen molar-refractivity contribution in [3.05, 3.63) is 50.7 Å². The molecule has 0 unspecified atom stereocenters. The van der Waals surface area contributed by atoms with Crippen molar-refractivity contribution in [2.45, 2.75) is 58.0 Å². The maximum absolute atomic E-state index is 13.5. The number of nitrogen functional groups attached to an aromatic ring is 1. The van der Waals surface area contributed by atoms with Crippen molar-refractivity contribution in [1.82, 2.24) is 14.3 Å². The smallest absolute Gasteiger partial charge is 0.330 e. The minimum atomic E-state index is -3.77. The van der Waals surface area contributed by atoms with E-state index in [1.807, 2.05) is 27.7 Å². The minimum Gasteiger partial charge on any atom is -0.383 e. The van der Waals surface area contributed by atoms with Crippen molar-refractivity contribution >= 4 is 27.4 Å². The molecule has 2 aromatic rings. The summed E-state index contributed by atoms with van der Waals surface area (Å²) in [5.41, 5.74) is 4.78. The number of hydrogen-bond acceptors (Lipinski definition) is 6. The molecule has 1 aliphatic carbocycles. The highest BCUT2D eigenvalue weighted by molar-refractivity contribution is 7.89. The second-order valence-corrected chi connectivity index (χ2v) is 10.9. The Morgan fingerprint density at radius 1 is 1.21 bits per heavy atom. The van der Waals surface area contributed by atoms with Crippen molar-refractivity contribution in [3.8, 4) is 0 Å². The zero-order chi connectivity index (χ0) is 24.5. The number of rotatable bonds is 9. The number of nitrogens with zero attached hydrogens (tertiary/aromatic N) is 2. The number of carbonyl (C=O) groups is 1. The number of aromatic nitrogens is 2. The van der Waals surface area contributed by atoms with Crippen LogP contribution < -0.4 is 26.6 Å². The van der Waals surface area contributed by atoms with Crippen LogP contribution in [-0.4, -0.2) is 36.5 Å². The molecule has 3 rings (SSSR count). The zero-order valence-electron chi connectivity index (χ0n) is 19.3. The van der Waals surface area contributed by atoms with Crippen LogP contribution in [-0.2, 0) is 16.6 Å². The third-order valence-corrected chi connectivity index (χ3v) is 6.63. The van der Waals surface area contributed by atoms with Crippen LogP contribution >= 0.6 is 0 Å². The molecule has 1 amide bonds. The molecule has 0 spiro atoms. The van der Waals surface area contributed by atoms with Gasteiger partial charge in [0, 0.05) is 24.7 Å². The predicted octanol–water partition coefficient (Wildman–Crippen LogP) is 1.52. The Morgan fingerprint density at radius 2 is 1.88 bits per heavy atom. The van der Waals surface area contributed by atoms with E-state index in [1.54, 1.807) is 0 Å². The first-order chi connectivity index (χ1) is 15.4. The van der Waals surface area contributed by atoms with E-state index in [-0.39, 0.29) is 52.9 Å². The van der Waals surface area contributed by atoms with Gasteiger partial charge in [-0.25, -0.2) is 17.9 Å². The lowest BCUT2D eigenvalue weighted by molar-refractivity contribution is 0.0983. The van der Waals surface area contributed by atoms with Gasteiger partial charge in [0.05, 0.1) is 4.90 Å². The molecular formula is C22H31N5O5S. The number of anilines is 2. The molecule has 10 nitrogen and oxygen atoms in total. The molecule has 33 heavy (non-hydrogen) atoms. The summed E-state index contributed by atoms with van der Waals surface area (Å²) in [5, 5.41) is 0. The van der Waals surface area contributed by atoms with Crippen LogP contribution in [0.1, 0.15) is 50.9 Å². The summed E-state index contributed by atoms with van der Waals surface area (Å²) in [6.07, 6.45) is 1.57. The molecule has 0 radical (unpaired) electrons. The van der Waals surface area contributed by atoms with Gasteiger partial charge in [0.25, 0.3) is 11.5 Å². The SMILES string of the molecule is CC(C)CN(C(=O)c1cccc(S(=O)(=O)NC2CC2)c1)c1c(N)n(CC(C)C)c(=O)[nH]c1=O. The van der Waals surface area contributed by atoms with Crippen molar-refractivity contribution in [2.75, 3.05) is 17.2 Å². The molecule has 4 N–H and O–H groups in total. The summed E-state index contributed by atoms with van der Waals surface area (Å²) in [6.45, 7) is 7.94. The lowest BCUT2D eigenvalue weighted by Crippen LogP contribution is -2.43. The zero-order valence-corrected chi connectivity index (χ0v) is 20.1. The average Bonchev–Trinajstić information content (AvgIpc) is 3.52. The maximum Gasteiger partial charge on any atom is 0.330 e. The Bertz CT molecular complexity index is 1260. The molecule has 1 aromatic carbocycles. The van der Waals surface area contributed by atoms with E-state index in [2.05, 4.69) is 9.71 Å². The van der Waals surface area contributed by atoms with Gasteiger partial charge in [0.2, 0.25) is 10.0 Å². The van der Waals surface area contributed by atoms with E-state index in [9.17, 15) is 22.8 Å². The predicted molar refractivity (Wildman–Crippen MR) is 127 cm³/mol. The molecule has 0 saturated heterocycles. The molecule has 1 saturated carbocycles. The van der Waals surface area contributed by atoms with Gasteiger partial charge in [-0.15, -0.1) is 0 Å². The normalized spacial score (nSPS) is 14.1. The number of aromatic amines is 1. The maximum atomic E-state index is 13.5. The molecule has 0 atom stereocenters. The van der Waals surface area contributed by atoms with Crippen molar-refractivity contribution in [2.24, 2.45) is 11.8 Å². The fourth-order valence-corrected chi connectivity index (χ4v) is 4.82. The molecule has 0 bridgehead atoms. The Hall–Kier alpha value is -2.92. The van der Waals surface area contributed by atoms with Gasteiger partial charge in [0.1, 0.15) is 5.82 Å². The lowest BCUT2D eigenvalue weighted by Gasteiger charge is -2.26. The first kappa shape index (κ1) is 24.7. The van der Waals surface area contributed by atoms with Crippen LogP contribution in [0.2, 0.25) is 0 Å². The van der Waals surface area contributed by atoms with Crippen LogP contribution in [0.3, 0.4) is 0 Å². The Morgan fingerprint density at radius 3 is 2.45 bits per heavy atom. The molecule has 0 aliphatic heterocycles. The molecule has 1 fully saturated rings. The average molecular weight is 478 g/mol. The van der Waals surface area contributed by atoms with Gasteiger partial charge in [-0.1, -0.05) is 33.8 Å². The number of H-pyrrole nitrogens is 1. The highest BCUT2D eigenvalue weighted by Gasteiger charge is 2.30. The van der Waals surface area contributed by atoms with Gasteiger partial charge in [-0.2, -0.15) is 0 Å². The third-order valence-electron chi connectivity index (χ3n) is 5.12. The molecule has 180 valence electrons. The number of benzene rings is 1. The van der Waals surface area contributed by atoms with Crippen LogP contribution in [0.4, 0.5) is 11.5 Å². The number of nitrogens with one attached hydrogen (secondary N) is 2. The van der Waals surface area contributed by atoms with E-state index < -0.39 is 27.2 Å². The first-order valence-corrected chi connectivity index (χ1v) is 12.5. The van der Waals surface area contributed by atoms with E-state index in [0.717, 1.165) is 12.8 Å². The largest absolute Gasteiger partial charge is 0.383 e. The van der Waals surface area contributed by atoms with E-state index in [1.165, 1.54) is 33.7 Å². The number of hydrogen-bond donors (Lipinski definition) is 3. The standard InChI is InChI=1S/C22H31N5O5S/c1-13(2)11-26(18-19(23)27(12-14(3)4)22(30)24-20(18)28)21(29)15-6-5-7-17(10-15)33(31,32)25-16-8-9-16/h5-7,10,13-14,16,25H,8-9,11-12,23H2,1-4H3,(H,24,28,30). The van der Waals surface area contributed by atoms with Gasteiger partial charge in [0.15, 0.2) is 5.69 Å². The van der Waals surface area contributed by atoms with E-state index in [4.69, 9.17) is 5.73 Å². The number of sulfonamides is 1. The second-order valence-electron chi connectivity index (χ2n) is 9.23. The summed E-state index contributed by atoms with van der Waals surface area (Å²) in [4.78, 5) is 42.1. The first-order valence-electron chi connectivity index (χ1n) is 11.0. The van der Waals surface area contributed by atoms with Gasteiger partial charge in [-0.05, 0) is 42.9 Å². The molecule has 1 heterocycles. The summed E-state index contributed by atoms with van der Waals surface area (Å²) in [5.74, 6) is -0.662. The quantitative estimate of drug-likeness (QED) is 0.499. The van der Waals surface area contributed by atoms with Crippen LogP contribution in [0.25, 0.3) is 0 Å². The van der Waals surface area contributed by atoms with Crippen LogP contribution in [0, 0.1) is 11.8 Å². The second kappa shape index (κ2) is 9.52. The van der Waals surface area contributed by atoms with E-state index >= 15 is 0 Å². The fraction of sp³-hybridized carbons (Fsp3) is 0.500. The molecule has 11 heteroatoms. The monoisotopic (exact) mass is 477 g/mol. The summed E-state index contributed by atoms with van der Waals surface area (Å²) in [7, 11) is -3.77. The number of nitrogens with two attached hydrogens (primary N) is 1. The van der Waals surface area contributed by atoms with Gasteiger partial charge >= 0.3 is 5.69 Å². The van der Waals surface area contributed by atoms with Crippen molar-refractivity contribution < 1.29 is 13.2 Å². The van der Waals surface area contributed by atoms with Crippen molar-refractivity contribution in [3.63, 3.8) is 0 Å². The number of amides is 1. The summed E-state index contributed by atoms with van der Waals surface area (Å²) in [6, 6.07) is 5.59. The topological polar surface area (TPSA) is 147 Å². The Labute approximate surface area is 192 Å². The Balaban J connectivity index is 2.08. The van der Waals surface area contributed by atoms with Gasteiger partial charge < -0.3 is 10.6 Å². The third kappa shape index (κ3) is 5.72. The molecule has 1 aromatic heterocycles. The number of carbonyl (C=O) groups excluding carboxylic acids is 1. The summed E-state index contributed by atoms with van der Waals surface area (Å²) >= 11 is 0. The molecule has 1 aliphatic rings. The lowest BCUT2D eigenvalue weighted by atomic mass is 10.1. The fourth-order valence-electron chi connectivity index (χ4n) is 3.47. The highest BCUT2D eigenvalue weighted by atomic mass is 32.2. The molecular weight excluding hydrogens is 446 g/mol. The minimum absolute atomic E-state index is 0.0311. The van der Waals surface area contributed by atoms with Crippen molar-refractivity contribution in [1.29, 1.82) is 0 Å². The van der Waals surface area contributed by atoms with Gasteiger partial charge in [-0.3, -0.25) is 19.1 Å². The van der Waals surface area contributed by atoms with Crippen LogP contribution in [0.15, 0.2) is 38.8 Å². The van der Waals surface area contributed by atoms with Crippen LogP contribution in [0.5, 0.6) is 0 Å². The Kier molecular flexibility index (Phi) is 7.13. The highest BCUT2D eigenvalue weighted by Crippen LogP contribution is 2.25. The van der Waals surface area contributed by atoms with E-state index in [0.29, 0.717) is 0 Å².